The summed E-state index contributed by atoms with van der Waals surface area (Å²) in [7, 11) is 0. The van der Waals surface area contributed by atoms with Gasteiger partial charge >= 0.3 is 0 Å². The number of aromatic nitrogens is 3. The maximum atomic E-state index is 11.2. The summed E-state index contributed by atoms with van der Waals surface area (Å²) in [4.78, 5) is 15.7. The number of rotatable bonds is 4. The molecule has 1 heterocycles. The van der Waals surface area contributed by atoms with Crippen molar-refractivity contribution < 1.29 is 4.79 Å². The van der Waals surface area contributed by atoms with Gasteiger partial charge in [0, 0.05) is 5.56 Å². The van der Waals surface area contributed by atoms with Gasteiger partial charge in [0.1, 0.15) is 5.82 Å². The van der Waals surface area contributed by atoms with Crippen molar-refractivity contribution in [3.63, 3.8) is 0 Å². The molecule has 5 nitrogen and oxygen atoms in total. The van der Waals surface area contributed by atoms with Crippen molar-refractivity contribution in [1.82, 2.24) is 14.8 Å². The van der Waals surface area contributed by atoms with Crippen LogP contribution in [0.25, 0.3) is 17.1 Å². The lowest BCUT2D eigenvalue weighted by molar-refractivity contribution is -0.117. The Bertz CT molecular complexity index is 750. The van der Waals surface area contributed by atoms with Gasteiger partial charge in [-0.3, -0.25) is 4.79 Å². The summed E-state index contributed by atoms with van der Waals surface area (Å²) in [6, 6.07) is 19.2. The first-order valence-electron chi connectivity index (χ1n) is 6.59. The van der Waals surface area contributed by atoms with E-state index in [9.17, 15) is 4.79 Å². The van der Waals surface area contributed by atoms with E-state index in [0.29, 0.717) is 11.6 Å². The van der Waals surface area contributed by atoms with Crippen molar-refractivity contribution in [3.8, 4) is 17.1 Å². The quantitative estimate of drug-likeness (QED) is 0.792. The minimum Gasteiger partial charge on any atom is -0.369 e. The summed E-state index contributed by atoms with van der Waals surface area (Å²) in [5.74, 6) is 0.683. The Kier molecular flexibility index (Phi) is 3.47. The van der Waals surface area contributed by atoms with E-state index in [1.54, 1.807) is 4.68 Å². The summed E-state index contributed by atoms with van der Waals surface area (Å²) in [5.41, 5.74) is 7.05. The number of carbonyl (C=O) groups is 1. The van der Waals surface area contributed by atoms with Crippen LogP contribution in [0.2, 0.25) is 0 Å². The summed E-state index contributed by atoms with van der Waals surface area (Å²) < 4.78 is 1.66. The lowest BCUT2D eigenvalue weighted by Gasteiger charge is -2.03. The third-order valence-corrected chi connectivity index (χ3v) is 3.04. The van der Waals surface area contributed by atoms with Crippen molar-refractivity contribution >= 4 is 5.91 Å². The number of nitrogens with two attached hydrogens (primary N) is 1. The molecule has 0 bridgehead atoms. The Hall–Kier alpha value is -2.95. The molecule has 3 aromatic rings. The Balaban J connectivity index is 2.10. The summed E-state index contributed by atoms with van der Waals surface area (Å²) in [6.07, 6.45) is 0.0503. The minimum atomic E-state index is -0.431. The van der Waals surface area contributed by atoms with E-state index in [1.165, 1.54) is 0 Å². The van der Waals surface area contributed by atoms with E-state index in [1.807, 2.05) is 60.7 Å². The van der Waals surface area contributed by atoms with Crippen LogP contribution in [0.15, 0.2) is 60.7 Å². The van der Waals surface area contributed by atoms with E-state index in [0.717, 1.165) is 11.3 Å². The monoisotopic (exact) mass is 278 g/mol. The highest BCUT2D eigenvalue weighted by molar-refractivity contribution is 5.76. The van der Waals surface area contributed by atoms with Crippen LogP contribution in [0, 0.1) is 0 Å². The van der Waals surface area contributed by atoms with Crippen molar-refractivity contribution in [2.75, 3.05) is 0 Å². The highest BCUT2D eigenvalue weighted by Crippen LogP contribution is 2.18. The molecule has 0 radical (unpaired) electrons. The average Bonchev–Trinajstić information content (AvgIpc) is 2.92. The molecule has 0 atom stereocenters. The molecule has 0 spiro atoms. The number of para-hydroxylation sites is 1. The number of amides is 1. The van der Waals surface area contributed by atoms with Gasteiger partial charge in [-0.05, 0) is 12.1 Å². The zero-order valence-corrected chi connectivity index (χ0v) is 11.3. The van der Waals surface area contributed by atoms with E-state index in [-0.39, 0.29) is 6.42 Å². The van der Waals surface area contributed by atoms with E-state index >= 15 is 0 Å². The highest BCUT2D eigenvalue weighted by Gasteiger charge is 2.14. The molecule has 0 aliphatic carbocycles. The van der Waals surface area contributed by atoms with Gasteiger partial charge in [-0.15, -0.1) is 5.10 Å². The van der Waals surface area contributed by atoms with Gasteiger partial charge in [-0.1, -0.05) is 48.5 Å². The lowest BCUT2D eigenvalue weighted by Crippen LogP contribution is -2.17. The van der Waals surface area contributed by atoms with E-state index < -0.39 is 5.91 Å². The molecule has 5 heteroatoms. The van der Waals surface area contributed by atoms with Gasteiger partial charge < -0.3 is 5.73 Å². The van der Waals surface area contributed by atoms with Gasteiger partial charge in [0.2, 0.25) is 5.91 Å². The average molecular weight is 278 g/mol. The topological polar surface area (TPSA) is 73.8 Å². The van der Waals surface area contributed by atoms with Gasteiger partial charge in [0.15, 0.2) is 5.82 Å². The molecule has 104 valence electrons. The number of carbonyl (C=O) groups excluding carboxylic acids is 1. The first-order chi connectivity index (χ1) is 10.2. The fourth-order valence-corrected chi connectivity index (χ4v) is 2.10. The number of hydrogen-bond donors (Lipinski definition) is 1. The Labute approximate surface area is 122 Å². The molecule has 3 rings (SSSR count). The number of primary amides is 1. The summed E-state index contributed by atoms with van der Waals surface area (Å²) in [5, 5.41) is 4.50. The van der Waals surface area contributed by atoms with Crippen molar-refractivity contribution in [1.29, 1.82) is 0 Å². The van der Waals surface area contributed by atoms with Crippen LogP contribution in [0.5, 0.6) is 0 Å². The largest absolute Gasteiger partial charge is 0.369 e. The van der Waals surface area contributed by atoms with Crippen LogP contribution >= 0.6 is 0 Å². The Morgan fingerprint density at radius 1 is 1.00 bits per heavy atom. The zero-order valence-electron chi connectivity index (χ0n) is 11.3. The molecule has 2 aromatic carbocycles. The molecule has 2 N–H and O–H groups in total. The first kappa shape index (κ1) is 13.1. The molecule has 0 saturated carbocycles. The molecule has 1 aromatic heterocycles. The van der Waals surface area contributed by atoms with Gasteiger partial charge in [-0.25, -0.2) is 9.67 Å². The third-order valence-electron chi connectivity index (χ3n) is 3.04. The minimum absolute atomic E-state index is 0.0503. The molecule has 0 saturated heterocycles. The summed E-state index contributed by atoms with van der Waals surface area (Å²) in [6.45, 7) is 0. The van der Waals surface area contributed by atoms with Crippen LogP contribution in [-0.2, 0) is 11.2 Å². The molecule has 0 unspecified atom stereocenters. The smallest absolute Gasteiger partial charge is 0.225 e. The van der Waals surface area contributed by atoms with Crippen LogP contribution in [0.3, 0.4) is 0 Å². The maximum absolute atomic E-state index is 11.2. The second-order valence-electron chi connectivity index (χ2n) is 4.61. The zero-order chi connectivity index (χ0) is 14.7. The third kappa shape index (κ3) is 2.81. The maximum Gasteiger partial charge on any atom is 0.225 e. The fraction of sp³-hybridized carbons (Fsp3) is 0.0625. The van der Waals surface area contributed by atoms with Crippen LogP contribution in [-0.4, -0.2) is 20.7 Å². The molecule has 0 aliphatic heterocycles. The molecule has 0 aliphatic rings. The Morgan fingerprint density at radius 2 is 1.62 bits per heavy atom. The highest BCUT2D eigenvalue weighted by atomic mass is 16.1. The van der Waals surface area contributed by atoms with Crippen molar-refractivity contribution in [2.24, 2.45) is 5.73 Å². The van der Waals surface area contributed by atoms with Crippen LogP contribution in [0.1, 0.15) is 5.82 Å². The molecule has 0 fully saturated rings. The normalized spacial score (nSPS) is 10.5. The van der Waals surface area contributed by atoms with Crippen LogP contribution in [0.4, 0.5) is 0 Å². The number of hydrogen-bond acceptors (Lipinski definition) is 3. The lowest BCUT2D eigenvalue weighted by atomic mass is 10.2. The van der Waals surface area contributed by atoms with Crippen molar-refractivity contribution in [3.05, 3.63) is 66.5 Å². The first-order valence-corrected chi connectivity index (χ1v) is 6.59. The van der Waals surface area contributed by atoms with Gasteiger partial charge in [0.05, 0.1) is 12.1 Å². The SMILES string of the molecule is NC(=O)Cc1nc(-c2ccccc2)nn1-c1ccccc1. The second-order valence-corrected chi connectivity index (χ2v) is 4.61. The fourth-order valence-electron chi connectivity index (χ4n) is 2.10. The molecular weight excluding hydrogens is 264 g/mol. The molecule has 1 amide bonds. The summed E-state index contributed by atoms with van der Waals surface area (Å²) >= 11 is 0. The van der Waals surface area contributed by atoms with Crippen molar-refractivity contribution in [2.45, 2.75) is 6.42 Å². The number of nitrogens with zero attached hydrogens (tertiary/aromatic N) is 3. The van der Waals surface area contributed by atoms with Gasteiger partial charge in [0.25, 0.3) is 0 Å². The molecular formula is C16H14N4O. The van der Waals surface area contributed by atoms with Crippen LogP contribution < -0.4 is 5.73 Å². The molecule has 21 heavy (non-hydrogen) atoms. The second kappa shape index (κ2) is 5.58. The predicted molar refractivity (Wildman–Crippen MR) is 79.7 cm³/mol. The Morgan fingerprint density at radius 3 is 2.24 bits per heavy atom. The number of benzene rings is 2. The van der Waals surface area contributed by atoms with Gasteiger partial charge in [-0.2, -0.15) is 0 Å². The standard InChI is InChI=1S/C16H14N4O/c17-14(21)11-15-18-16(12-7-3-1-4-8-12)19-20(15)13-9-5-2-6-10-13/h1-10H,11H2,(H2,17,21). The van der Waals surface area contributed by atoms with E-state index in [2.05, 4.69) is 10.1 Å². The predicted octanol–water partition coefficient (Wildman–Crippen LogP) is 1.96. The van der Waals surface area contributed by atoms with E-state index in [4.69, 9.17) is 5.73 Å².